The standard InChI is InChI=1S/C22H25NO5S/c1-22(2,3)28-21(24)8-6-4-5-7-17-9-11-18(12-10-17)27-19-13-15-20(16-14-19)29(23,25)26/h9-16H,4,6,8H2,1-3H3,(H2,23,25,26). The van der Waals surface area contributed by atoms with Crippen LogP contribution in [0.15, 0.2) is 53.4 Å². The van der Waals surface area contributed by atoms with Crippen molar-refractivity contribution in [3.8, 4) is 23.3 Å². The molecular weight excluding hydrogens is 390 g/mol. The monoisotopic (exact) mass is 415 g/mol. The molecule has 0 aromatic heterocycles. The minimum absolute atomic E-state index is 0.0298. The molecule has 0 fully saturated rings. The molecule has 2 N–H and O–H groups in total. The highest BCUT2D eigenvalue weighted by molar-refractivity contribution is 7.89. The van der Waals surface area contributed by atoms with Crippen LogP contribution in [0.3, 0.4) is 0 Å². The fourth-order valence-electron chi connectivity index (χ4n) is 2.32. The molecule has 2 aromatic rings. The number of unbranched alkanes of at least 4 members (excludes halogenated alkanes) is 1. The van der Waals surface area contributed by atoms with Crippen molar-refractivity contribution in [2.75, 3.05) is 0 Å². The van der Waals surface area contributed by atoms with E-state index >= 15 is 0 Å². The highest BCUT2D eigenvalue weighted by atomic mass is 32.2. The fourth-order valence-corrected chi connectivity index (χ4v) is 2.83. The maximum absolute atomic E-state index is 11.6. The van der Waals surface area contributed by atoms with Gasteiger partial charge < -0.3 is 9.47 Å². The molecule has 0 saturated heterocycles. The summed E-state index contributed by atoms with van der Waals surface area (Å²) in [6, 6.07) is 13.1. The van der Waals surface area contributed by atoms with Gasteiger partial charge in [0.2, 0.25) is 10.0 Å². The van der Waals surface area contributed by atoms with E-state index in [-0.39, 0.29) is 10.9 Å². The zero-order valence-corrected chi connectivity index (χ0v) is 17.6. The lowest BCUT2D eigenvalue weighted by Gasteiger charge is -2.19. The van der Waals surface area contributed by atoms with Gasteiger partial charge in [0.25, 0.3) is 0 Å². The maximum atomic E-state index is 11.6. The van der Waals surface area contributed by atoms with Crippen LogP contribution in [0, 0.1) is 11.8 Å². The Hall–Kier alpha value is -2.82. The Kier molecular flexibility index (Phi) is 7.43. The largest absolute Gasteiger partial charge is 0.460 e. The van der Waals surface area contributed by atoms with E-state index in [0.717, 1.165) is 5.56 Å². The Morgan fingerprint density at radius 2 is 1.55 bits per heavy atom. The van der Waals surface area contributed by atoms with E-state index in [1.807, 2.05) is 32.9 Å². The van der Waals surface area contributed by atoms with E-state index < -0.39 is 15.6 Å². The number of hydrogen-bond acceptors (Lipinski definition) is 5. The normalized spacial score (nSPS) is 11.3. The van der Waals surface area contributed by atoms with Gasteiger partial charge >= 0.3 is 5.97 Å². The summed E-state index contributed by atoms with van der Waals surface area (Å²) in [5.74, 6) is 6.97. The highest BCUT2D eigenvalue weighted by Crippen LogP contribution is 2.23. The molecule has 0 unspecified atom stereocenters. The van der Waals surface area contributed by atoms with Crippen LogP contribution in [0.1, 0.15) is 45.6 Å². The van der Waals surface area contributed by atoms with E-state index in [1.165, 1.54) is 24.3 Å². The molecule has 0 spiro atoms. The lowest BCUT2D eigenvalue weighted by molar-refractivity contribution is -0.154. The second-order valence-electron chi connectivity index (χ2n) is 7.38. The van der Waals surface area contributed by atoms with Gasteiger partial charge in [0.1, 0.15) is 17.1 Å². The highest BCUT2D eigenvalue weighted by Gasteiger charge is 2.15. The summed E-state index contributed by atoms with van der Waals surface area (Å²) in [4.78, 5) is 11.7. The number of sulfonamides is 1. The summed E-state index contributed by atoms with van der Waals surface area (Å²) < 4.78 is 33.4. The van der Waals surface area contributed by atoms with E-state index in [0.29, 0.717) is 30.8 Å². The molecule has 0 heterocycles. The third kappa shape index (κ3) is 8.38. The Morgan fingerprint density at radius 3 is 2.07 bits per heavy atom. The van der Waals surface area contributed by atoms with E-state index in [4.69, 9.17) is 14.6 Å². The lowest BCUT2D eigenvalue weighted by atomic mass is 10.1. The van der Waals surface area contributed by atoms with Crippen molar-refractivity contribution in [1.29, 1.82) is 0 Å². The molecule has 0 aliphatic carbocycles. The van der Waals surface area contributed by atoms with Crippen molar-refractivity contribution >= 4 is 16.0 Å². The summed E-state index contributed by atoms with van der Waals surface area (Å²) in [5, 5.41) is 5.07. The van der Waals surface area contributed by atoms with Crippen LogP contribution in [0.4, 0.5) is 0 Å². The van der Waals surface area contributed by atoms with Gasteiger partial charge in [-0.2, -0.15) is 0 Å². The van der Waals surface area contributed by atoms with Crippen molar-refractivity contribution in [2.45, 2.75) is 50.5 Å². The van der Waals surface area contributed by atoms with E-state index in [1.54, 1.807) is 12.1 Å². The quantitative estimate of drug-likeness (QED) is 0.437. The van der Waals surface area contributed by atoms with Crippen molar-refractivity contribution in [3.05, 3.63) is 54.1 Å². The summed E-state index contributed by atoms with van der Waals surface area (Å²) in [6.45, 7) is 5.53. The average molecular weight is 416 g/mol. The first kappa shape index (κ1) is 22.5. The smallest absolute Gasteiger partial charge is 0.306 e. The summed E-state index contributed by atoms with van der Waals surface area (Å²) in [7, 11) is -3.72. The first-order valence-electron chi connectivity index (χ1n) is 9.14. The van der Waals surface area contributed by atoms with Crippen molar-refractivity contribution < 1.29 is 22.7 Å². The molecule has 0 bridgehead atoms. The van der Waals surface area contributed by atoms with Gasteiger partial charge in [-0.1, -0.05) is 11.8 Å². The van der Waals surface area contributed by atoms with Gasteiger partial charge in [-0.25, -0.2) is 13.6 Å². The molecule has 2 aromatic carbocycles. The third-order valence-electron chi connectivity index (χ3n) is 3.58. The summed E-state index contributed by atoms with van der Waals surface area (Å²) >= 11 is 0. The van der Waals surface area contributed by atoms with E-state index in [2.05, 4.69) is 11.8 Å². The minimum Gasteiger partial charge on any atom is -0.460 e. The van der Waals surface area contributed by atoms with Crippen LogP contribution in [0.25, 0.3) is 0 Å². The van der Waals surface area contributed by atoms with Crippen LogP contribution < -0.4 is 9.88 Å². The number of benzene rings is 2. The summed E-state index contributed by atoms with van der Waals surface area (Å²) in [5.41, 5.74) is 0.371. The van der Waals surface area contributed by atoms with Crippen LogP contribution in [-0.2, 0) is 19.6 Å². The van der Waals surface area contributed by atoms with Gasteiger partial charge in [0.05, 0.1) is 4.90 Å². The number of esters is 1. The third-order valence-corrected chi connectivity index (χ3v) is 4.51. The molecule has 0 aliphatic heterocycles. The molecule has 0 aliphatic rings. The van der Waals surface area contributed by atoms with Crippen LogP contribution in [0.5, 0.6) is 11.5 Å². The second kappa shape index (κ2) is 9.59. The van der Waals surface area contributed by atoms with E-state index in [9.17, 15) is 13.2 Å². The number of primary sulfonamides is 1. The molecule has 29 heavy (non-hydrogen) atoms. The minimum atomic E-state index is -3.72. The SMILES string of the molecule is CC(C)(C)OC(=O)CCCC#Cc1ccc(Oc2ccc(S(N)(=O)=O)cc2)cc1. The second-order valence-corrected chi connectivity index (χ2v) is 8.95. The molecule has 7 heteroatoms. The zero-order chi connectivity index (χ0) is 21.5. The molecule has 2 rings (SSSR count). The lowest BCUT2D eigenvalue weighted by Crippen LogP contribution is -2.23. The van der Waals surface area contributed by atoms with Crippen molar-refractivity contribution in [3.63, 3.8) is 0 Å². The molecule has 0 amide bonds. The maximum Gasteiger partial charge on any atom is 0.306 e. The Labute approximate surface area is 172 Å². The predicted octanol–water partition coefficient (Wildman–Crippen LogP) is 3.99. The van der Waals surface area contributed by atoms with Gasteiger partial charge in [0, 0.05) is 18.4 Å². The van der Waals surface area contributed by atoms with Gasteiger partial charge in [0.15, 0.2) is 0 Å². The predicted molar refractivity (Wildman–Crippen MR) is 111 cm³/mol. The van der Waals surface area contributed by atoms with Gasteiger partial charge in [-0.15, -0.1) is 0 Å². The number of nitrogens with two attached hydrogens (primary N) is 1. The molecule has 0 radical (unpaired) electrons. The molecule has 0 atom stereocenters. The molecular formula is C22H25NO5S. The Bertz CT molecular complexity index is 992. The van der Waals surface area contributed by atoms with Gasteiger partial charge in [-0.05, 0) is 75.7 Å². The number of carbonyl (C=O) groups is 1. The van der Waals surface area contributed by atoms with Crippen molar-refractivity contribution in [2.24, 2.45) is 5.14 Å². The number of rotatable bonds is 6. The zero-order valence-electron chi connectivity index (χ0n) is 16.8. The van der Waals surface area contributed by atoms with Crippen LogP contribution in [-0.4, -0.2) is 20.0 Å². The molecule has 0 saturated carbocycles. The topological polar surface area (TPSA) is 95.7 Å². The molecule has 6 nitrogen and oxygen atoms in total. The fraction of sp³-hybridized carbons (Fsp3) is 0.318. The Balaban J connectivity index is 1.83. The Morgan fingerprint density at radius 1 is 1.00 bits per heavy atom. The average Bonchev–Trinajstić information content (AvgIpc) is 2.61. The van der Waals surface area contributed by atoms with Crippen LogP contribution in [0.2, 0.25) is 0 Å². The number of hydrogen-bond donors (Lipinski definition) is 1. The summed E-state index contributed by atoms with van der Waals surface area (Å²) in [6.07, 6.45) is 1.61. The number of carbonyl (C=O) groups excluding carboxylic acids is 1. The van der Waals surface area contributed by atoms with Gasteiger partial charge in [-0.3, -0.25) is 4.79 Å². The van der Waals surface area contributed by atoms with Crippen molar-refractivity contribution in [1.82, 2.24) is 0 Å². The number of ether oxygens (including phenoxy) is 2. The first-order valence-corrected chi connectivity index (χ1v) is 10.7. The van der Waals surface area contributed by atoms with Crippen LogP contribution >= 0.6 is 0 Å². The molecule has 154 valence electrons. The first-order chi connectivity index (χ1) is 13.5.